The molecule has 1 aliphatic heterocycles. The van der Waals surface area contributed by atoms with Crippen LogP contribution in [0.1, 0.15) is 56.9 Å². The molecule has 1 aliphatic carbocycles. The van der Waals surface area contributed by atoms with Gasteiger partial charge in [-0.3, -0.25) is 14.2 Å². The number of aromatic nitrogens is 2. The van der Waals surface area contributed by atoms with Gasteiger partial charge < -0.3 is 9.80 Å². The molecule has 4 rings (SSSR count). The molecular weight excluding hydrogens is 384 g/mol. The van der Waals surface area contributed by atoms with E-state index in [1.807, 2.05) is 23.3 Å². The van der Waals surface area contributed by atoms with E-state index in [1.54, 1.807) is 11.3 Å². The second-order valence-electron chi connectivity index (χ2n) is 8.58. The largest absolute Gasteiger partial charge is 0.339 e. The van der Waals surface area contributed by atoms with E-state index in [0.717, 1.165) is 54.9 Å². The number of thiophene rings is 1. The lowest BCUT2D eigenvalue weighted by molar-refractivity contribution is -0.134. The molecule has 3 heterocycles. The third-order valence-corrected chi connectivity index (χ3v) is 7.34. The first-order chi connectivity index (χ1) is 14.0. The van der Waals surface area contributed by atoms with E-state index >= 15 is 0 Å². The lowest BCUT2D eigenvalue weighted by Crippen LogP contribution is -2.51. The van der Waals surface area contributed by atoms with Crippen LogP contribution < -0.4 is 10.5 Å². The molecule has 7 heteroatoms. The lowest BCUT2D eigenvalue weighted by Gasteiger charge is -2.36. The van der Waals surface area contributed by atoms with Gasteiger partial charge in [-0.05, 0) is 37.7 Å². The second kappa shape index (κ2) is 8.46. The number of nitrogens with zero attached hydrogens (tertiary/aromatic N) is 4. The Morgan fingerprint density at radius 3 is 2.55 bits per heavy atom. The lowest BCUT2D eigenvalue weighted by atomic mass is 9.97. The number of piperazine rings is 1. The molecule has 2 aromatic heterocycles. The minimum absolute atomic E-state index is 0.0243. The number of hydrogen-bond acceptors (Lipinski definition) is 5. The zero-order valence-electron chi connectivity index (χ0n) is 17.9. The Morgan fingerprint density at radius 2 is 1.86 bits per heavy atom. The first-order valence-corrected chi connectivity index (χ1v) is 11.9. The van der Waals surface area contributed by atoms with Gasteiger partial charge in [0.15, 0.2) is 0 Å². The molecule has 6 nitrogen and oxygen atoms in total. The van der Waals surface area contributed by atoms with E-state index in [4.69, 9.17) is 4.98 Å². The highest BCUT2D eigenvalue weighted by Crippen LogP contribution is 2.34. The average molecular weight is 417 g/mol. The maximum absolute atomic E-state index is 13.5. The summed E-state index contributed by atoms with van der Waals surface area (Å²) in [5, 5.41) is 0.873. The molecule has 2 aliphatic rings. The Bertz CT molecular complexity index is 954. The molecular formula is C22H32N4O2S. The number of anilines is 1. The van der Waals surface area contributed by atoms with Crippen LogP contribution in [0.25, 0.3) is 10.2 Å². The van der Waals surface area contributed by atoms with Crippen molar-refractivity contribution in [2.45, 2.75) is 65.8 Å². The first-order valence-electron chi connectivity index (χ1n) is 11.1. The van der Waals surface area contributed by atoms with Crippen LogP contribution in [0, 0.1) is 5.92 Å². The molecule has 0 bridgehead atoms. The molecule has 158 valence electrons. The van der Waals surface area contributed by atoms with E-state index in [-0.39, 0.29) is 17.4 Å². The first kappa shape index (κ1) is 20.4. The van der Waals surface area contributed by atoms with Crippen molar-refractivity contribution in [1.29, 1.82) is 0 Å². The highest BCUT2D eigenvalue weighted by molar-refractivity contribution is 7.18. The Morgan fingerprint density at radius 1 is 1.14 bits per heavy atom. The Labute approximate surface area is 176 Å². The normalized spacial score (nSPS) is 17.2. The summed E-state index contributed by atoms with van der Waals surface area (Å²) in [4.78, 5) is 37.3. The summed E-state index contributed by atoms with van der Waals surface area (Å²) in [6, 6.07) is 0. The monoisotopic (exact) mass is 416 g/mol. The van der Waals surface area contributed by atoms with Gasteiger partial charge in [0.2, 0.25) is 11.9 Å². The van der Waals surface area contributed by atoms with Crippen molar-refractivity contribution < 1.29 is 4.79 Å². The van der Waals surface area contributed by atoms with Gasteiger partial charge in [-0.25, -0.2) is 4.98 Å². The van der Waals surface area contributed by atoms with Crippen LogP contribution in [0.4, 0.5) is 5.95 Å². The van der Waals surface area contributed by atoms with Gasteiger partial charge >= 0.3 is 0 Å². The summed E-state index contributed by atoms with van der Waals surface area (Å²) in [5.41, 5.74) is 1.40. The molecule has 0 radical (unpaired) electrons. The Kier molecular flexibility index (Phi) is 5.95. The molecule has 0 unspecified atom stereocenters. The molecule has 1 fully saturated rings. The van der Waals surface area contributed by atoms with Gasteiger partial charge in [-0.2, -0.15) is 0 Å². The number of fused-ring (bicyclic) bond motifs is 3. The molecule has 29 heavy (non-hydrogen) atoms. The number of hydrogen-bond donors (Lipinski definition) is 0. The third kappa shape index (κ3) is 3.81. The van der Waals surface area contributed by atoms with Crippen LogP contribution in [0.5, 0.6) is 0 Å². The molecule has 2 aromatic rings. The van der Waals surface area contributed by atoms with Crippen molar-refractivity contribution in [3.8, 4) is 0 Å². The summed E-state index contributed by atoms with van der Waals surface area (Å²) in [7, 11) is 0. The maximum atomic E-state index is 13.5. The number of unbranched alkanes of at least 4 members (excludes halogenated alkanes) is 1. The van der Waals surface area contributed by atoms with Gasteiger partial charge in [-0.15, -0.1) is 11.3 Å². The minimum Gasteiger partial charge on any atom is -0.339 e. The third-order valence-electron chi connectivity index (χ3n) is 6.16. The van der Waals surface area contributed by atoms with Crippen LogP contribution in [0.15, 0.2) is 4.79 Å². The summed E-state index contributed by atoms with van der Waals surface area (Å²) in [6.07, 6.45) is 6.48. The predicted molar refractivity (Wildman–Crippen MR) is 119 cm³/mol. The number of aryl methyl sites for hydroxylation is 2. The Hall–Kier alpha value is -1.89. The van der Waals surface area contributed by atoms with Crippen molar-refractivity contribution in [3.05, 3.63) is 20.8 Å². The summed E-state index contributed by atoms with van der Waals surface area (Å²) < 4.78 is 1.91. The minimum atomic E-state index is 0.0243. The number of carbonyl (C=O) groups is 1. The predicted octanol–water partition coefficient (Wildman–Crippen LogP) is 3.44. The fourth-order valence-electron chi connectivity index (χ4n) is 4.48. The molecule has 0 spiro atoms. The molecule has 0 N–H and O–H groups in total. The fraction of sp³-hybridized carbons (Fsp3) is 0.682. The standard InChI is InChI=1S/C22H32N4O2S/c1-4-5-10-26-21(28)18-16-8-6-7-9-17(16)29-19(18)23-22(26)25-13-11-24(12-14-25)20(27)15(2)3/h15H,4-14H2,1-3H3. The number of amides is 1. The molecule has 1 amide bonds. The summed E-state index contributed by atoms with van der Waals surface area (Å²) in [5.74, 6) is 1.03. The average Bonchev–Trinajstić information content (AvgIpc) is 3.11. The second-order valence-corrected chi connectivity index (χ2v) is 9.66. The van der Waals surface area contributed by atoms with Gasteiger partial charge in [0.1, 0.15) is 4.83 Å². The fourth-order valence-corrected chi connectivity index (χ4v) is 5.73. The maximum Gasteiger partial charge on any atom is 0.263 e. The molecule has 0 saturated carbocycles. The highest BCUT2D eigenvalue weighted by atomic mass is 32.1. The summed E-state index contributed by atoms with van der Waals surface area (Å²) >= 11 is 1.72. The van der Waals surface area contributed by atoms with Crippen LogP contribution in [0.3, 0.4) is 0 Å². The van der Waals surface area contributed by atoms with Gasteiger partial charge in [-0.1, -0.05) is 27.2 Å². The van der Waals surface area contributed by atoms with Gasteiger partial charge in [0.05, 0.1) is 5.39 Å². The molecule has 0 aromatic carbocycles. The molecule has 0 atom stereocenters. The quantitative estimate of drug-likeness (QED) is 0.749. The van der Waals surface area contributed by atoms with E-state index in [1.165, 1.54) is 23.3 Å². The van der Waals surface area contributed by atoms with Crippen molar-refractivity contribution in [2.24, 2.45) is 5.92 Å². The highest BCUT2D eigenvalue weighted by Gasteiger charge is 2.27. The van der Waals surface area contributed by atoms with E-state index in [9.17, 15) is 9.59 Å². The van der Waals surface area contributed by atoms with Crippen molar-refractivity contribution in [3.63, 3.8) is 0 Å². The zero-order chi connectivity index (χ0) is 20.5. The Balaban J connectivity index is 1.70. The zero-order valence-corrected chi connectivity index (χ0v) is 18.7. The van der Waals surface area contributed by atoms with Crippen molar-refractivity contribution >= 4 is 33.4 Å². The van der Waals surface area contributed by atoms with E-state index in [2.05, 4.69) is 11.8 Å². The van der Waals surface area contributed by atoms with Crippen LogP contribution in [0.2, 0.25) is 0 Å². The SMILES string of the molecule is CCCCn1c(N2CCN(C(=O)C(C)C)CC2)nc2sc3c(c2c1=O)CCCC3. The van der Waals surface area contributed by atoms with Gasteiger partial charge in [0, 0.05) is 43.5 Å². The van der Waals surface area contributed by atoms with Crippen LogP contribution >= 0.6 is 11.3 Å². The topological polar surface area (TPSA) is 58.4 Å². The van der Waals surface area contributed by atoms with E-state index < -0.39 is 0 Å². The van der Waals surface area contributed by atoms with Crippen molar-refractivity contribution in [1.82, 2.24) is 14.5 Å². The van der Waals surface area contributed by atoms with Crippen LogP contribution in [-0.4, -0.2) is 46.5 Å². The number of carbonyl (C=O) groups excluding carboxylic acids is 1. The van der Waals surface area contributed by atoms with Gasteiger partial charge in [0.25, 0.3) is 5.56 Å². The number of rotatable bonds is 5. The smallest absolute Gasteiger partial charge is 0.263 e. The van der Waals surface area contributed by atoms with E-state index in [0.29, 0.717) is 19.6 Å². The summed E-state index contributed by atoms with van der Waals surface area (Å²) in [6.45, 7) is 9.61. The molecule has 1 saturated heterocycles. The van der Waals surface area contributed by atoms with Crippen molar-refractivity contribution in [2.75, 3.05) is 31.1 Å². The van der Waals surface area contributed by atoms with Crippen LogP contribution in [-0.2, 0) is 24.2 Å².